The van der Waals surface area contributed by atoms with Gasteiger partial charge in [-0.3, -0.25) is 9.59 Å². The Bertz CT molecular complexity index is 1670. The zero-order valence-electron chi connectivity index (χ0n) is 26.1. The highest BCUT2D eigenvalue weighted by Gasteiger charge is 2.31. The number of benzene rings is 4. The normalized spacial score (nSPS) is 12.2. The molecule has 0 aliphatic rings. The Kier molecular flexibility index (Phi) is 12.1. The number of methoxy groups -OCH3 is 2. The smallest absolute Gasteiger partial charge is 0.264 e. The number of carbonyl (C=O) groups excluding carboxylic acids is 2. The molecule has 2 amide bonds. The van der Waals surface area contributed by atoms with Crippen LogP contribution in [-0.4, -0.2) is 65.7 Å². The average Bonchev–Trinajstić information content (AvgIpc) is 3.07. The Balaban J connectivity index is 1.49. The predicted molar refractivity (Wildman–Crippen MR) is 176 cm³/mol. The third-order valence-electron chi connectivity index (χ3n) is 7.22. The number of amides is 2. The Morgan fingerprint density at radius 1 is 0.745 bits per heavy atom. The van der Waals surface area contributed by atoms with Gasteiger partial charge in [-0.2, -0.15) is 0 Å². The summed E-state index contributed by atoms with van der Waals surface area (Å²) in [4.78, 5) is 26.0. The fourth-order valence-corrected chi connectivity index (χ4v) is 4.65. The van der Waals surface area contributed by atoms with Crippen molar-refractivity contribution in [3.8, 4) is 34.5 Å². The number of aliphatic hydroxyl groups excluding tert-OH is 1. The fraction of sp³-hybridized carbons (Fsp3) is 0.222. The van der Waals surface area contributed by atoms with E-state index >= 15 is 0 Å². The summed E-state index contributed by atoms with van der Waals surface area (Å²) in [7, 11) is 2.84. The molecule has 0 aromatic heterocycles. The summed E-state index contributed by atoms with van der Waals surface area (Å²) in [5.74, 6) is -0.0428. The molecule has 11 nitrogen and oxygen atoms in total. The van der Waals surface area contributed by atoms with E-state index in [0.717, 1.165) is 11.1 Å². The first-order chi connectivity index (χ1) is 22.6. The van der Waals surface area contributed by atoms with Crippen LogP contribution in [0.5, 0.6) is 34.5 Å². The third kappa shape index (κ3) is 10.2. The second kappa shape index (κ2) is 16.6. The van der Waals surface area contributed by atoms with Crippen LogP contribution in [0.2, 0.25) is 0 Å². The van der Waals surface area contributed by atoms with Crippen molar-refractivity contribution in [2.75, 3.05) is 27.3 Å². The monoisotopic (exact) mass is 642 g/mol. The molecule has 246 valence electrons. The summed E-state index contributed by atoms with van der Waals surface area (Å²) in [6.45, 7) is 0.618. The van der Waals surface area contributed by atoms with Gasteiger partial charge < -0.3 is 45.3 Å². The van der Waals surface area contributed by atoms with Crippen molar-refractivity contribution in [2.45, 2.75) is 25.0 Å². The molecule has 0 spiro atoms. The number of hydrogen-bond donors (Lipinski definition) is 6. The molecule has 4 rings (SSSR count). The highest BCUT2D eigenvalue weighted by Crippen LogP contribution is 2.32. The second-order valence-corrected chi connectivity index (χ2v) is 10.6. The van der Waals surface area contributed by atoms with Gasteiger partial charge in [-0.15, -0.1) is 0 Å². The number of aromatic hydroxyl groups is 3. The van der Waals surface area contributed by atoms with Gasteiger partial charge in [0.1, 0.15) is 29.1 Å². The lowest BCUT2D eigenvalue weighted by Gasteiger charge is -2.25. The number of phenols is 3. The van der Waals surface area contributed by atoms with E-state index in [4.69, 9.17) is 14.2 Å². The van der Waals surface area contributed by atoms with Crippen molar-refractivity contribution in [3.05, 3.63) is 113 Å². The minimum absolute atomic E-state index is 0.114. The zero-order chi connectivity index (χ0) is 33.8. The Morgan fingerprint density at radius 2 is 1.34 bits per heavy atom. The number of phenolic OH excluding ortho intramolecular Hbond substituents is 3. The molecular weight excluding hydrogens is 604 g/mol. The number of rotatable bonds is 15. The van der Waals surface area contributed by atoms with Crippen molar-refractivity contribution < 1.29 is 44.2 Å². The van der Waals surface area contributed by atoms with Crippen LogP contribution in [0, 0.1) is 0 Å². The molecule has 0 radical (unpaired) electrons. The number of carbonyl (C=O) groups is 2. The topological polar surface area (TPSA) is 167 Å². The molecule has 2 atom stereocenters. The van der Waals surface area contributed by atoms with Gasteiger partial charge in [-0.25, -0.2) is 0 Å². The van der Waals surface area contributed by atoms with Crippen LogP contribution in [0.25, 0.3) is 6.08 Å². The SMILES string of the molecule is COc1cc(C=CC(=O)NCCc2ccc(O)cc2)cc(O[C@H](C(=O)NCCc2ccc(O)cc2)[C@H](O)c2ccc(O)c(OC)c2)c1. The Hall–Kier alpha value is -5.68. The van der Waals surface area contributed by atoms with Crippen molar-refractivity contribution in [2.24, 2.45) is 0 Å². The molecule has 6 N–H and O–H groups in total. The molecule has 0 aliphatic carbocycles. The van der Waals surface area contributed by atoms with Gasteiger partial charge in [0.25, 0.3) is 5.91 Å². The van der Waals surface area contributed by atoms with Crippen LogP contribution in [0.1, 0.15) is 28.4 Å². The molecule has 4 aromatic rings. The minimum atomic E-state index is -1.47. The first kappa shape index (κ1) is 34.2. The van der Waals surface area contributed by atoms with Crippen LogP contribution in [0.15, 0.2) is 91.0 Å². The number of nitrogens with one attached hydrogen (secondary N) is 2. The standard InChI is InChI=1S/C36H38N2O9/c1-45-29-19-25(7-14-33(42)37-17-15-23-3-9-27(39)10-4-23)20-30(22-29)47-35(34(43)26-8-13-31(41)32(21-26)46-2)36(44)38-18-16-24-5-11-28(40)12-6-24/h3-14,19-22,34-35,39-41,43H,15-18H2,1-2H3,(H,37,42)(H,38,44)/t34-,35+/m1/s1. The molecule has 0 heterocycles. The lowest BCUT2D eigenvalue weighted by molar-refractivity contribution is -0.133. The summed E-state index contributed by atoms with van der Waals surface area (Å²) in [6, 6.07) is 22.4. The van der Waals surface area contributed by atoms with Gasteiger partial charge in [0.2, 0.25) is 12.0 Å². The van der Waals surface area contributed by atoms with E-state index in [9.17, 15) is 30.0 Å². The van der Waals surface area contributed by atoms with Gasteiger partial charge in [-0.05, 0) is 89.7 Å². The molecule has 0 unspecified atom stereocenters. The quantitative estimate of drug-likeness (QED) is 0.105. The maximum atomic E-state index is 13.5. The van der Waals surface area contributed by atoms with Gasteiger partial charge in [0.15, 0.2) is 11.5 Å². The van der Waals surface area contributed by atoms with Gasteiger partial charge in [0.05, 0.1) is 14.2 Å². The van der Waals surface area contributed by atoms with Crippen molar-refractivity contribution in [1.82, 2.24) is 10.6 Å². The van der Waals surface area contributed by atoms with Crippen LogP contribution < -0.4 is 24.8 Å². The largest absolute Gasteiger partial charge is 0.508 e. The summed E-state index contributed by atoms with van der Waals surface area (Å²) in [5.41, 5.74) is 2.66. The Morgan fingerprint density at radius 3 is 1.94 bits per heavy atom. The van der Waals surface area contributed by atoms with Crippen molar-refractivity contribution >= 4 is 17.9 Å². The number of aliphatic hydroxyl groups is 1. The van der Waals surface area contributed by atoms with Crippen molar-refractivity contribution in [1.29, 1.82) is 0 Å². The van der Waals surface area contributed by atoms with Gasteiger partial charge in [-0.1, -0.05) is 30.3 Å². The van der Waals surface area contributed by atoms with E-state index in [1.165, 1.54) is 38.5 Å². The summed E-state index contributed by atoms with van der Waals surface area (Å²) in [5, 5.41) is 46.0. The highest BCUT2D eigenvalue weighted by atomic mass is 16.5. The zero-order valence-corrected chi connectivity index (χ0v) is 26.1. The summed E-state index contributed by atoms with van der Waals surface area (Å²) in [6.07, 6.45) is 1.08. The lowest BCUT2D eigenvalue weighted by Crippen LogP contribution is -2.43. The number of hydrogen-bond acceptors (Lipinski definition) is 9. The third-order valence-corrected chi connectivity index (χ3v) is 7.22. The first-order valence-electron chi connectivity index (χ1n) is 14.9. The van der Waals surface area contributed by atoms with Gasteiger partial charge >= 0.3 is 0 Å². The van der Waals surface area contributed by atoms with E-state index in [0.29, 0.717) is 30.7 Å². The average molecular weight is 643 g/mol. The van der Waals surface area contributed by atoms with E-state index in [-0.39, 0.29) is 46.8 Å². The molecular formula is C36H38N2O9. The van der Waals surface area contributed by atoms with Crippen LogP contribution in [0.3, 0.4) is 0 Å². The van der Waals surface area contributed by atoms with E-state index in [1.807, 2.05) is 0 Å². The van der Waals surface area contributed by atoms with E-state index in [1.54, 1.807) is 72.8 Å². The Labute approximate surface area is 272 Å². The van der Waals surface area contributed by atoms with Gasteiger partial charge in [0, 0.05) is 25.2 Å². The first-order valence-corrected chi connectivity index (χ1v) is 14.9. The molecule has 0 fully saturated rings. The minimum Gasteiger partial charge on any atom is -0.508 e. The second-order valence-electron chi connectivity index (χ2n) is 10.6. The molecule has 0 saturated carbocycles. The molecule has 0 bridgehead atoms. The molecule has 11 heteroatoms. The fourth-order valence-electron chi connectivity index (χ4n) is 4.65. The van der Waals surface area contributed by atoms with Crippen LogP contribution in [0.4, 0.5) is 0 Å². The maximum absolute atomic E-state index is 13.5. The van der Waals surface area contributed by atoms with E-state index < -0.39 is 18.1 Å². The summed E-state index contributed by atoms with van der Waals surface area (Å²) < 4.78 is 16.7. The molecule has 4 aromatic carbocycles. The lowest BCUT2D eigenvalue weighted by atomic mass is 10.0. The highest BCUT2D eigenvalue weighted by molar-refractivity contribution is 5.91. The van der Waals surface area contributed by atoms with Crippen LogP contribution >= 0.6 is 0 Å². The predicted octanol–water partition coefficient (Wildman–Crippen LogP) is 4.03. The summed E-state index contributed by atoms with van der Waals surface area (Å²) >= 11 is 0. The molecule has 0 saturated heterocycles. The van der Waals surface area contributed by atoms with Crippen molar-refractivity contribution in [3.63, 3.8) is 0 Å². The molecule has 0 aliphatic heterocycles. The maximum Gasteiger partial charge on any atom is 0.264 e. The number of ether oxygens (including phenoxy) is 3. The van der Waals surface area contributed by atoms with Crippen LogP contribution in [-0.2, 0) is 22.4 Å². The molecule has 47 heavy (non-hydrogen) atoms. The van der Waals surface area contributed by atoms with E-state index in [2.05, 4.69) is 10.6 Å².